The van der Waals surface area contributed by atoms with E-state index in [2.05, 4.69) is 19.9 Å². The molecule has 0 aromatic carbocycles. The molecule has 1 heteroatoms. The molecule has 2 aliphatic rings. The Morgan fingerprint density at radius 1 is 0.950 bits per heavy atom. The van der Waals surface area contributed by atoms with Gasteiger partial charge in [0.1, 0.15) is 0 Å². The molecule has 0 aromatic rings. The van der Waals surface area contributed by atoms with E-state index in [1.54, 1.807) is 0 Å². The van der Waals surface area contributed by atoms with Gasteiger partial charge in [-0.05, 0) is 62.7 Å². The number of unbranched alkanes of at least 4 members (excludes halogenated alkanes) is 2. The number of nitrogens with zero attached hydrogens (tertiary/aromatic N) is 1. The van der Waals surface area contributed by atoms with E-state index in [-0.39, 0.29) is 5.41 Å². The summed E-state index contributed by atoms with van der Waals surface area (Å²) in [4.78, 5) is 0. The quantitative estimate of drug-likeness (QED) is 0.557. The summed E-state index contributed by atoms with van der Waals surface area (Å²) < 4.78 is 0. The van der Waals surface area contributed by atoms with E-state index in [4.69, 9.17) is 0 Å². The van der Waals surface area contributed by atoms with Gasteiger partial charge < -0.3 is 0 Å². The Balaban J connectivity index is 1.80. The van der Waals surface area contributed by atoms with Gasteiger partial charge in [0.15, 0.2) is 0 Å². The summed E-state index contributed by atoms with van der Waals surface area (Å²) in [5, 5.41) is 9.62. The summed E-state index contributed by atoms with van der Waals surface area (Å²) in [6.45, 7) is 4.66. The molecule has 0 atom stereocenters. The second kappa shape index (κ2) is 7.48. The third kappa shape index (κ3) is 4.00. The fraction of sp³-hybridized carbons (Fsp3) is 0.947. The van der Waals surface area contributed by atoms with Crippen molar-refractivity contribution in [1.82, 2.24) is 0 Å². The van der Waals surface area contributed by atoms with E-state index < -0.39 is 0 Å². The van der Waals surface area contributed by atoms with Crippen LogP contribution in [0.1, 0.15) is 90.9 Å². The Kier molecular flexibility index (Phi) is 5.94. The second-order valence-corrected chi connectivity index (χ2v) is 7.71. The molecular weight excluding hydrogens is 242 g/mol. The number of rotatable bonds is 5. The summed E-state index contributed by atoms with van der Waals surface area (Å²) in [6, 6.07) is 2.71. The summed E-state index contributed by atoms with van der Waals surface area (Å²) in [6.07, 6.45) is 15.8. The van der Waals surface area contributed by atoms with E-state index >= 15 is 0 Å². The first kappa shape index (κ1) is 15.9. The standard InChI is InChI=1S/C19H33N/c1-3-4-5-12-19(15-20)13-10-18(11-14-19)17-8-6-16(2)7-9-17/h16-18H,3-14H2,1-2H3/t16?,17?,18-,19+. The molecule has 0 unspecified atom stereocenters. The lowest BCUT2D eigenvalue weighted by atomic mass is 9.63. The summed E-state index contributed by atoms with van der Waals surface area (Å²) in [7, 11) is 0. The average Bonchev–Trinajstić information content (AvgIpc) is 2.49. The largest absolute Gasteiger partial charge is 0.198 e. The van der Waals surface area contributed by atoms with E-state index in [0.717, 1.165) is 24.2 Å². The Morgan fingerprint density at radius 3 is 2.10 bits per heavy atom. The van der Waals surface area contributed by atoms with Gasteiger partial charge in [0.05, 0.1) is 11.5 Å². The highest BCUT2D eigenvalue weighted by Gasteiger charge is 2.37. The molecule has 1 nitrogen and oxygen atoms in total. The van der Waals surface area contributed by atoms with Crippen molar-refractivity contribution in [3.05, 3.63) is 0 Å². The van der Waals surface area contributed by atoms with Crippen LogP contribution in [0, 0.1) is 34.5 Å². The molecule has 2 aliphatic carbocycles. The van der Waals surface area contributed by atoms with Crippen molar-refractivity contribution in [3.63, 3.8) is 0 Å². The van der Waals surface area contributed by atoms with E-state index in [0.29, 0.717) is 0 Å². The van der Waals surface area contributed by atoms with E-state index in [9.17, 15) is 5.26 Å². The molecule has 0 heterocycles. The average molecular weight is 275 g/mol. The van der Waals surface area contributed by atoms with E-state index in [1.165, 1.54) is 70.6 Å². The third-order valence-corrected chi connectivity index (χ3v) is 6.21. The molecule has 0 amide bonds. The molecular formula is C19H33N. The first-order valence-corrected chi connectivity index (χ1v) is 9.10. The Hall–Kier alpha value is -0.510. The van der Waals surface area contributed by atoms with Crippen LogP contribution in [0.5, 0.6) is 0 Å². The Labute approximate surface area is 126 Å². The lowest BCUT2D eigenvalue weighted by Gasteiger charge is -2.40. The molecule has 0 aromatic heterocycles. The SMILES string of the molecule is CCCCC[C@]1(C#N)CC[C@@H](C2CCC(C)CC2)CC1. The predicted octanol–water partition coefficient (Wildman–Crippen LogP) is 6.09. The van der Waals surface area contributed by atoms with Crippen LogP contribution in [0.15, 0.2) is 0 Å². The summed E-state index contributed by atoms with van der Waals surface area (Å²) in [5.74, 6) is 2.88. The molecule has 0 aliphatic heterocycles. The normalized spacial score (nSPS) is 38.4. The van der Waals surface area contributed by atoms with Crippen molar-refractivity contribution in [3.8, 4) is 6.07 Å². The number of hydrogen-bond donors (Lipinski definition) is 0. The Morgan fingerprint density at radius 2 is 1.55 bits per heavy atom. The molecule has 0 N–H and O–H groups in total. The van der Waals surface area contributed by atoms with Gasteiger partial charge in [-0.2, -0.15) is 5.26 Å². The molecule has 0 saturated heterocycles. The van der Waals surface area contributed by atoms with Crippen LogP contribution >= 0.6 is 0 Å². The highest BCUT2D eigenvalue weighted by atomic mass is 14.4. The molecule has 0 bridgehead atoms. The minimum atomic E-state index is 0.0492. The summed E-state index contributed by atoms with van der Waals surface area (Å²) >= 11 is 0. The summed E-state index contributed by atoms with van der Waals surface area (Å²) in [5.41, 5.74) is 0.0492. The molecule has 20 heavy (non-hydrogen) atoms. The zero-order valence-electron chi connectivity index (χ0n) is 13.7. The van der Waals surface area contributed by atoms with Gasteiger partial charge in [0.25, 0.3) is 0 Å². The van der Waals surface area contributed by atoms with Crippen LogP contribution in [0.2, 0.25) is 0 Å². The maximum Gasteiger partial charge on any atom is 0.0689 e. The van der Waals surface area contributed by atoms with Crippen LogP contribution in [0.25, 0.3) is 0 Å². The lowest BCUT2D eigenvalue weighted by Crippen LogP contribution is -2.30. The van der Waals surface area contributed by atoms with Crippen molar-refractivity contribution in [2.24, 2.45) is 23.2 Å². The molecule has 0 spiro atoms. The van der Waals surface area contributed by atoms with Gasteiger partial charge in [-0.25, -0.2) is 0 Å². The first-order valence-electron chi connectivity index (χ1n) is 9.10. The van der Waals surface area contributed by atoms with Gasteiger partial charge in [-0.15, -0.1) is 0 Å². The molecule has 0 radical (unpaired) electrons. The molecule has 2 rings (SSSR count). The van der Waals surface area contributed by atoms with Gasteiger partial charge in [-0.1, -0.05) is 46.0 Å². The van der Waals surface area contributed by atoms with Crippen molar-refractivity contribution in [1.29, 1.82) is 5.26 Å². The maximum absolute atomic E-state index is 9.62. The number of nitriles is 1. The smallest absolute Gasteiger partial charge is 0.0689 e. The Bertz CT molecular complexity index is 311. The van der Waals surface area contributed by atoms with Gasteiger partial charge in [0.2, 0.25) is 0 Å². The van der Waals surface area contributed by atoms with Crippen molar-refractivity contribution >= 4 is 0 Å². The zero-order chi connectivity index (χ0) is 14.4. The monoisotopic (exact) mass is 275 g/mol. The van der Waals surface area contributed by atoms with Gasteiger partial charge in [0, 0.05) is 0 Å². The number of hydrogen-bond acceptors (Lipinski definition) is 1. The second-order valence-electron chi connectivity index (χ2n) is 7.71. The van der Waals surface area contributed by atoms with Crippen molar-refractivity contribution in [2.75, 3.05) is 0 Å². The zero-order valence-corrected chi connectivity index (χ0v) is 13.7. The van der Waals surface area contributed by atoms with Crippen LogP contribution in [-0.2, 0) is 0 Å². The van der Waals surface area contributed by atoms with Crippen LogP contribution in [0.3, 0.4) is 0 Å². The predicted molar refractivity (Wildman–Crippen MR) is 85.3 cm³/mol. The highest BCUT2D eigenvalue weighted by molar-refractivity contribution is 5.02. The molecule has 2 saturated carbocycles. The maximum atomic E-state index is 9.62. The van der Waals surface area contributed by atoms with Crippen LogP contribution in [0.4, 0.5) is 0 Å². The fourth-order valence-corrected chi connectivity index (χ4v) is 4.55. The lowest BCUT2D eigenvalue weighted by molar-refractivity contribution is 0.119. The van der Waals surface area contributed by atoms with Crippen LogP contribution in [-0.4, -0.2) is 0 Å². The van der Waals surface area contributed by atoms with E-state index in [1.807, 2.05) is 0 Å². The third-order valence-electron chi connectivity index (χ3n) is 6.21. The van der Waals surface area contributed by atoms with Crippen LogP contribution < -0.4 is 0 Å². The van der Waals surface area contributed by atoms with Gasteiger partial charge >= 0.3 is 0 Å². The highest BCUT2D eigenvalue weighted by Crippen LogP contribution is 2.47. The fourth-order valence-electron chi connectivity index (χ4n) is 4.55. The molecule has 114 valence electrons. The van der Waals surface area contributed by atoms with Crippen molar-refractivity contribution in [2.45, 2.75) is 90.9 Å². The molecule has 2 fully saturated rings. The van der Waals surface area contributed by atoms with Gasteiger partial charge in [-0.3, -0.25) is 0 Å². The minimum absolute atomic E-state index is 0.0492. The van der Waals surface area contributed by atoms with Crippen molar-refractivity contribution < 1.29 is 0 Å². The minimum Gasteiger partial charge on any atom is -0.198 e. The first-order chi connectivity index (χ1) is 9.69. The topological polar surface area (TPSA) is 23.8 Å².